The zero-order valence-electron chi connectivity index (χ0n) is 14.2. The maximum atomic E-state index is 12.1. The predicted octanol–water partition coefficient (Wildman–Crippen LogP) is 1.49. The van der Waals surface area contributed by atoms with Gasteiger partial charge in [0.2, 0.25) is 5.95 Å². The van der Waals surface area contributed by atoms with Crippen molar-refractivity contribution in [3.8, 4) is 5.69 Å². The van der Waals surface area contributed by atoms with E-state index in [4.69, 9.17) is 5.73 Å². The van der Waals surface area contributed by atoms with Crippen molar-refractivity contribution in [2.24, 2.45) is 0 Å². The summed E-state index contributed by atoms with van der Waals surface area (Å²) in [4.78, 5) is 20.5. The number of H-pyrrole nitrogens is 1. The molecule has 4 aromatic rings. The second-order valence-electron chi connectivity index (χ2n) is 5.82. The van der Waals surface area contributed by atoms with Gasteiger partial charge in [0.25, 0.3) is 11.3 Å². The lowest BCUT2D eigenvalue weighted by atomic mass is 10.2. The molecule has 3 aromatic heterocycles. The molecule has 0 aliphatic carbocycles. The SMILES string of the molecule is Cc1cccc(-n2c(C)nnc2SCc2cc(=O)n3[nH]c(N)nc3n2)c1. The molecule has 0 fully saturated rings. The molecule has 4 rings (SSSR count). The van der Waals surface area contributed by atoms with Gasteiger partial charge in [0.1, 0.15) is 5.82 Å². The van der Waals surface area contributed by atoms with Crippen molar-refractivity contribution in [1.29, 1.82) is 0 Å². The van der Waals surface area contributed by atoms with Gasteiger partial charge >= 0.3 is 0 Å². The molecule has 9 nitrogen and oxygen atoms in total. The summed E-state index contributed by atoms with van der Waals surface area (Å²) < 4.78 is 3.19. The molecule has 0 bridgehead atoms. The van der Waals surface area contributed by atoms with Gasteiger partial charge in [0.05, 0.1) is 5.69 Å². The first-order valence-corrected chi connectivity index (χ1v) is 8.86. The van der Waals surface area contributed by atoms with Crippen LogP contribution in [0.3, 0.4) is 0 Å². The average molecular weight is 368 g/mol. The highest BCUT2D eigenvalue weighted by Gasteiger charge is 2.13. The zero-order valence-corrected chi connectivity index (χ0v) is 15.0. The summed E-state index contributed by atoms with van der Waals surface area (Å²) in [5.41, 5.74) is 8.08. The van der Waals surface area contributed by atoms with Crippen LogP contribution in [0.4, 0.5) is 5.95 Å². The van der Waals surface area contributed by atoms with Crippen LogP contribution in [-0.2, 0) is 5.75 Å². The lowest BCUT2D eigenvalue weighted by Gasteiger charge is -2.09. The van der Waals surface area contributed by atoms with E-state index in [9.17, 15) is 4.79 Å². The monoisotopic (exact) mass is 368 g/mol. The summed E-state index contributed by atoms with van der Waals surface area (Å²) in [5, 5.41) is 11.8. The van der Waals surface area contributed by atoms with Crippen LogP contribution in [0.25, 0.3) is 11.5 Å². The number of hydrogen-bond acceptors (Lipinski definition) is 7. The molecule has 0 aliphatic heterocycles. The Morgan fingerprint density at radius 3 is 2.85 bits per heavy atom. The maximum absolute atomic E-state index is 12.1. The van der Waals surface area contributed by atoms with Crippen LogP contribution in [0.5, 0.6) is 0 Å². The van der Waals surface area contributed by atoms with E-state index in [0.717, 1.165) is 22.2 Å². The van der Waals surface area contributed by atoms with Crippen LogP contribution in [-0.4, -0.2) is 34.3 Å². The molecular formula is C16H16N8OS. The number of benzene rings is 1. The molecule has 0 radical (unpaired) electrons. The van der Waals surface area contributed by atoms with Gasteiger partial charge in [-0.15, -0.1) is 10.2 Å². The summed E-state index contributed by atoms with van der Waals surface area (Å²) in [6.45, 7) is 3.95. The quantitative estimate of drug-likeness (QED) is 0.524. The highest BCUT2D eigenvalue weighted by Crippen LogP contribution is 2.24. The third-order valence-electron chi connectivity index (χ3n) is 3.81. The first kappa shape index (κ1) is 16.3. The molecule has 0 aliphatic rings. The number of nitrogens with one attached hydrogen (secondary N) is 1. The fourth-order valence-corrected chi connectivity index (χ4v) is 3.55. The number of nitrogens with zero attached hydrogens (tertiary/aromatic N) is 6. The molecule has 3 N–H and O–H groups in total. The fraction of sp³-hybridized carbons (Fsp3) is 0.188. The number of aromatic nitrogens is 7. The van der Waals surface area contributed by atoms with Gasteiger partial charge in [-0.25, -0.2) is 4.98 Å². The lowest BCUT2D eigenvalue weighted by Crippen LogP contribution is -2.15. The number of anilines is 1. The third kappa shape index (κ3) is 2.94. The van der Waals surface area contributed by atoms with Crippen LogP contribution >= 0.6 is 11.8 Å². The summed E-state index contributed by atoms with van der Waals surface area (Å²) in [6.07, 6.45) is 0. The van der Waals surface area contributed by atoms with Crippen LogP contribution in [0.1, 0.15) is 17.1 Å². The highest BCUT2D eigenvalue weighted by molar-refractivity contribution is 7.98. The molecule has 0 atom stereocenters. The van der Waals surface area contributed by atoms with Crippen LogP contribution in [0.2, 0.25) is 0 Å². The van der Waals surface area contributed by atoms with Crippen molar-refractivity contribution >= 4 is 23.5 Å². The molecule has 26 heavy (non-hydrogen) atoms. The summed E-state index contributed by atoms with van der Waals surface area (Å²) in [7, 11) is 0. The van der Waals surface area contributed by atoms with Gasteiger partial charge in [-0.1, -0.05) is 23.9 Å². The molecular weight excluding hydrogens is 352 g/mol. The molecule has 0 saturated heterocycles. The Bertz CT molecular complexity index is 1160. The minimum Gasteiger partial charge on any atom is -0.368 e. The Morgan fingerprint density at radius 1 is 1.19 bits per heavy atom. The van der Waals surface area contributed by atoms with E-state index >= 15 is 0 Å². The number of nitrogens with two attached hydrogens (primary N) is 1. The van der Waals surface area contributed by atoms with Gasteiger partial charge in [-0.2, -0.15) is 9.50 Å². The summed E-state index contributed by atoms with van der Waals surface area (Å²) >= 11 is 1.46. The number of hydrogen-bond donors (Lipinski definition) is 2. The summed E-state index contributed by atoms with van der Waals surface area (Å²) in [5.74, 6) is 1.65. The molecule has 3 heterocycles. The van der Waals surface area contributed by atoms with Crippen molar-refractivity contribution in [3.63, 3.8) is 0 Å². The van der Waals surface area contributed by atoms with Crippen LogP contribution < -0.4 is 11.3 Å². The fourth-order valence-electron chi connectivity index (χ4n) is 2.66. The van der Waals surface area contributed by atoms with Crippen molar-refractivity contribution in [2.45, 2.75) is 24.8 Å². The number of aromatic amines is 1. The molecule has 0 amide bonds. The number of fused-ring (bicyclic) bond motifs is 1. The highest BCUT2D eigenvalue weighted by atomic mass is 32.2. The molecule has 0 saturated carbocycles. The van der Waals surface area contributed by atoms with Crippen LogP contribution in [0.15, 0.2) is 40.3 Å². The van der Waals surface area contributed by atoms with Crippen molar-refractivity contribution in [2.75, 3.05) is 5.73 Å². The normalized spacial score (nSPS) is 11.3. The standard InChI is InChI=1S/C16H16N8OS/c1-9-4-3-5-12(6-9)23-10(2)20-21-16(23)26-8-11-7-13(25)24-15(18-11)19-14(17)22-24/h3-7H,8H2,1-2H3,(H3,17,18,19,22). The minimum atomic E-state index is -0.258. The molecule has 1 aromatic carbocycles. The molecule has 0 spiro atoms. The smallest absolute Gasteiger partial charge is 0.274 e. The maximum Gasteiger partial charge on any atom is 0.274 e. The Balaban J connectivity index is 1.64. The zero-order chi connectivity index (χ0) is 18.3. The third-order valence-corrected chi connectivity index (χ3v) is 4.77. The second kappa shape index (κ2) is 6.30. The van der Waals surface area contributed by atoms with E-state index in [1.54, 1.807) is 0 Å². The van der Waals surface area contributed by atoms with E-state index in [1.165, 1.54) is 22.3 Å². The number of nitrogen functional groups attached to an aromatic ring is 1. The van der Waals surface area contributed by atoms with E-state index in [0.29, 0.717) is 11.4 Å². The van der Waals surface area contributed by atoms with Gasteiger partial charge in [-0.3, -0.25) is 14.5 Å². The Hall–Kier alpha value is -3.14. The molecule has 0 unspecified atom stereocenters. The minimum absolute atomic E-state index is 0.147. The van der Waals surface area contributed by atoms with E-state index in [1.807, 2.05) is 36.6 Å². The van der Waals surface area contributed by atoms with Crippen molar-refractivity contribution in [3.05, 3.63) is 57.8 Å². The Labute approximate surface area is 152 Å². The first-order chi connectivity index (χ1) is 12.5. The van der Waals surface area contributed by atoms with Gasteiger partial charge in [0.15, 0.2) is 5.16 Å². The molecule has 132 valence electrons. The first-order valence-electron chi connectivity index (χ1n) is 7.87. The van der Waals surface area contributed by atoms with Crippen molar-refractivity contribution in [1.82, 2.24) is 34.3 Å². The summed E-state index contributed by atoms with van der Waals surface area (Å²) in [6, 6.07) is 9.58. The number of thioether (sulfide) groups is 1. The van der Waals surface area contributed by atoms with Gasteiger partial charge in [0, 0.05) is 17.5 Å². The Morgan fingerprint density at radius 2 is 2.04 bits per heavy atom. The van der Waals surface area contributed by atoms with E-state index < -0.39 is 0 Å². The topological polar surface area (TPSA) is 120 Å². The van der Waals surface area contributed by atoms with Crippen molar-refractivity contribution < 1.29 is 0 Å². The second-order valence-corrected chi connectivity index (χ2v) is 6.77. The number of rotatable bonds is 4. The Kier molecular flexibility index (Phi) is 3.96. The average Bonchev–Trinajstić information content (AvgIpc) is 3.15. The predicted molar refractivity (Wildman–Crippen MR) is 98.4 cm³/mol. The van der Waals surface area contributed by atoms with E-state index in [2.05, 4.69) is 31.3 Å². The largest absolute Gasteiger partial charge is 0.368 e. The lowest BCUT2D eigenvalue weighted by molar-refractivity contribution is 0.864. The van der Waals surface area contributed by atoms with Gasteiger partial charge < -0.3 is 5.73 Å². The van der Waals surface area contributed by atoms with Gasteiger partial charge in [-0.05, 0) is 31.5 Å². The van der Waals surface area contributed by atoms with Crippen LogP contribution in [0, 0.1) is 13.8 Å². The molecule has 10 heteroatoms. The van der Waals surface area contributed by atoms with E-state index in [-0.39, 0.29) is 17.3 Å². The number of aryl methyl sites for hydroxylation is 2.